The monoisotopic (exact) mass is 942 g/mol. The highest BCUT2D eigenvalue weighted by molar-refractivity contribution is 6.44. The fourth-order valence-corrected chi connectivity index (χ4v) is 10.3. The molecule has 0 radical (unpaired) electrons. The molecular weight excluding hydrogens is 916 g/mol. The van der Waals surface area contributed by atoms with Gasteiger partial charge < -0.3 is 9.97 Å². The molecule has 0 spiro atoms. The van der Waals surface area contributed by atoms with Gasteiger partial charge in [0.05, 0.1) is 58.4 Å². The molecule has 0 atom stereocenters. The zero-order valence-electron chi connectivity index (χ0n) is 32.2. The zero-order chi connectivity index (χ0) is 42.3. The Morgan fingerprint density at radius 2 is 1.00 bits per heavy atom. The first-order chi connectivity index (χ1) is 28.7. The summed E-state index contributed by atoms with van der Waals surface area (Å²) in [5, 5.41) is 3.28. The molecule has 60 heavy (non-hydrogen) atoms. The maximum atomic E-state index is 7.43. The van der Waals surface area contributed by atoms with Gasteiger partial charge >= 0.3 is 0 Å². The third kappa shape index (κ3) is 7.06. The Kier molecular flexibility index (Phi) is 10.9. The van der Waals surface area contributed by atoms with Crippen LogP contribution >= 0.6 is 92.8 Å². The van der Waals surface area contributed by atoms with E-state index in [1.54, 1.807) is 18.2 Å². The number of fused-ring (bicyclic) bond motifs is 8. The number of hydrogen-bond acceptors (Lipinski definition) is 2. The van der Waals surface area contributed by atoms with Crippen LogP contribution in [0.4, 0.5) is 0 Å². The number of aromatic nitrogens is 4. The topological polar surface area (TPSA) is 57.4 Å². The number of halogens is 8. The quantitative estimate of drug-likeness (QED) is 0.185. The van der Waals surface area contributed by atoms with Crippen LogP contribution in [0.15, 0.2) is 78.9 Å². The SMILES string of the molecule is Cc1cc(Cl)c(C2=Cc3cc4ccc(cc5nc(cc6[nH]c(c(-c7c(Cl)ccc(C)c7Cl)c2n3)c(-c2c(Cl)cccc2Cl)c6-c2c(Cl)ccc(C)c2Cl)C=C5)[nH]4)c(Cl)c1C. The molecule has 7 aromatic rings. The lowest BCUT2D eigenvalue weighted by atomic mass is 9.89. The minimum absolute atomic E-state index is 0.364. The van der Waals surface area contributed by atoms with Gasteiger partial charge in [-0.2, -0.15) is 0 Å². The van der Waals surface area contributed by atoms with Gasteiger partial charge in [-0.05, 0) is 129 Å². The fourth-order valence-electron chi connectivity index (χ4n) is 7.79. The van der Waals surface area contributed by atoms with Gasteiger partial charge in [0, 0.05) is 71.1 Å². The average molecular weight is 946 g/mol. The Bertz CT molecular complexity index is 3230. The van der Waals surface area contributed by atoms with E-state index in [0.717, 1.165) is 39.0 Å². The van der Waals surface area contributed by atoms with Crippen molar-refractivity contribution < 1.29 is 0 Å². The van der Waals surface area contributed by atoms with Crippen LogP contribution in [0.3, 0.4) is 0 Å². The highest BCUT2D eigenvalue weighted by atomic mass is 35.5. The van der Waals surface area contributed by atoms with Gasteiger partial charge in [-0.25, -0.2) is 9.97 Å². The summed E-state index contributed by atoms with van der Waals surface area (Å²) in [6, 6.07) is 24.5. The van der Waals surface area contributed by atoms with E-state index in [4.69, 9.17) is 103 Å². The van der Waals surface area contributed by atoms with Gasteiger partial charge in [0.25, 0.3) is 0 Å². The maximum absolute atomic E-state index is 7.43. The minimum Gasteiger partial charge on any atom is -0.355 e. The van der Waals surface area contributed by atoms with Gasteiger partial charge in [0.1, 0.15) is 0 Å². The second-order valence-corrected chi connectivity index (χ2v) is 17.9. The molecule has 2 aliphatic heterocycles. The van der Waals surface area contributed by atoms with E-state index in [2.05, 4.69) is 9.97 Å². The number of rotatable bonds is 4. The molecule has 0 aliphatic carbocycles. The van der Waals surface area contributed by atoms with Crippen LogP contribution in [0, 0.1) is 27.7 Å². The van der Waals surface area contributed by atoms with Gasteiger partial charge in [0.2, 0.25) is 0 Å². The molecule has 5 heterocycles. The second kappa shape index (κ2) is 15.9. The maximum Gasteiger partial charge on any atom is 0.0817 e. The predicted molar refractivity (Wildman–Crippen MR) is 259 cm³/mol. The third-order valence-electron chi connectivity index (χ3n) is 10.9. The number of nitrogens with one attached hydrogen (secondary N) is 2. The predicted octanol–water partition coefficient (Wildman–Crippen LogP) is 17.5. The molecule has 12 heteroatoms. The summed E-state index contributed by atoms with van der Waals surface area (Å²) in [5.74, 6) is 0. The highest BCUT2D eigenvalue weighted by Gasteiger charge is 2.31. The summed E-state index contributed by atoms with van der Waals surface area (Å²) < 4.78 is 0. The van der Waals surface area contributed by atoms with Crippen molar-refractivity contribution in [1.29, 1.82) is 0 Å². The van der Waals surface area contributed by atoms with Crippen LogP contribution in [0.5, 0.6) is 0 Å². The van der Waals surface area contributed by atoms with Crippen molar-refractivity contribution in [1.82, 2.24) is 19.9 Å². The Balaban J connectivity index is 1.64. The fraction of sp³-hybridized carbons (Fsp3) is 0.0833. The highest BCUT2D eigenvalue weighted by Crippen LogP contribution is 2.54. The van der Waals surface area contributed by atoms with Crippen LogP contribution < -0.4 is 0 Å². The summed E-state index contributed by atoms with van der Waals surface area (Å²) in [4.78, 5) is 17.7. The number of aromatic amines is 2. The molecular formula is C48H30Cl8N4. The Morgan fingerprint density at radius 3 is 1.63 bits per heavy atom. The van der Waals surface area contributed by atoms with Crippen molar-refractivity contribution in [2.45, 2.75) is 27.7 Å². The molecule has 2 N–H and O–H groups in total. The van der Waals surface area contributed by atoms with Crippen molar-refractivity contribution in [3.05, 3.63) is 170 Å². The Labute approximate surface area is 386 Å². The Morgan fingerprint density at radius 1 is 0.433 bits per heavy atom. The van der Waals surface area contributed by atoms with E-state index in [0.29, 0.717) is 113 Å². The van der Waals surface area contributed by atoms with Gasteiger partial charge in [-0.1, -0.05) is 111 Å². The van der Waals surface area contributed by atoms with Crippen LogP contribution in [0.1, 0.15) is 50.6 Å². The van der Waals surface area contributed by atoms with E-state index < -0.39 is 0 Å². The molecule has 0 fully saturated rings. The van der Waals surface area contributed by atoms with Crippen molar-refractivity contribution in [3.63, 3.8) is 0 Å². The first-order valence-corrected chi connectivity index (χ1v) is 21.7. The number of benzene rings is 4. The summed E-state index contributed by atoms with van der Waals surface area (Å²) in [6.07, 6.45) is 5.86. The number of aryl methyl sites for hydroxylation is 3. The summed E-state index contributed by atoms with van der Waals surface area (Å²) in [5.41, 5.74) is 13.2. The van der Waals surface area contributed by atoms with Crippen LogP contribution in [0.25, 0.3) is 79.2 Å². The molecule has 8 bridgehead atoms. The Hall–Kier alpha value is -4.20. The van der Waals surface area contributed by atoms with Gasteiger partial charge in [-0.3, -0.25) is 0 Å². The normalized spacial score (nSPS) is 12.4. The smallest absolute Gasteiger partial charge is 0.0817 e. The van der Waals surface area contributed by atoms with E-state index >= 15 is 0 Å². The molecule has 4 nitrogen and oxygen atoms in total. The van der Waals surface area contributed by atoms with Crippen LogP contribution in [0.2, 0.25) is 40.2 Å². The minimum atomic E-state index is 0.364. The van der Waals surface area contributed by atoms with E-state index in [1.807, 2.05) is 107 Å². The summed E-state index contributed by atoms with van der Waals surface area (Å²) >= 11 is 58.3. The lowest BCUT2D eigenvalue weighted by molar-refractivity contribution is 1.29. The molecule has 0 amide bonds. The molecule has 3 aromatic heterocycles. The van der Waals surface area contributed by atoms with Crippen molar-refractivity contribution in [2.75, 3.05) is 0 Å². The van der Waals surface area contributed by atoms with Crippen molar-refractivity contribution in [2.24, 2.45) is 0 Å². The van der Waals surface area contributed by atoms with Gasteiger partial charge in [-0.15, -0.1) is 0 Å². The summed E-state index contributed by atoms with van der Waals surface area (Å²) in [6.45, 7) is 7.78. The summed E-state index contributed by atoms with van der Waals surface area (Å²) in [7, 11) is 0. The standard InChI is InChI=1S/C48H30Cl8N4/c1-21-8-14-33(51)39(44(21)54)41-36-20-28-13-12-26(58-28)17-25-10-11-27(57-25)18-29-19-30(37-35(53)16-23(3)24(4)46(37)56)47(59-29)43(40-34(52)15-9-22(2)45(40)55)48(60-36)42(41)38-31(49)6-5-7-32(38)50/h5-20,57,60H,1-4H3. The molecule has 0 saturated carbocycles. The number of H-pyrrole nitrogens is 2. The van der Waals surface area contributed by atoms with Crippen LogP contribution in [-0.2, 0) is 0 Å². The molecule has 9 rings (SSSR count). The van der Waals surface area contributed by atoms with Gasteiger partial charge in [0.15, 0.2) is 0 Å². The largest absolute Gasteiger partial charge is 0.355 e. The molecule has 298 valence electrons. The van der Waals surface area contributed by atoms with E-state index in [1.165, 1.54) is 0 Å². The lowest BCUT2D eigenvalue weighted by Gasteiger charge is -2.18. The first-order valence-electron chi connectivity index (χ1n) is 18.7. The number of nitrogens with zero attached hydrogens (tertiary/aromatic N) is 2. The van der Waals surface area contributed by atoms with Crippen LogP contribution in [-0.4, -0.2) is 19.9 Å². The molecule has 2 aliphatic rings. The third-order valence-corrected chi connectivity index (χ3v) is 13.9. The zero-order valence-corrected chi connectivity index (χ0v) is 38.2. The lowest BCUT2D eigenvalue weighted by Crippen LogP contribution is -1.98. The van der Waals surface area contributed by atoms with Crippen molar-refractivity contribution >= 4 is 139 Å². The van der Waals surface area contributed by atoms with E-state index in [-0.39, 0.29) is 0 Å². The van der Waals surface area contributed by atoms with Crippen molar-refractivity contribution in [3.8, 4) is 33.4 Å². The number of hydrogen-bond donors (Lipinski definition) is 2. The molecule has 0 unspecified atom stereocenters. The first kappa shape index (κ1) is 41.2. The van der Waals surface area contributed by atoms with E-state index in [9.17, 15) is 0 Å². The molecule has 4 aromatic carbocycles. The molecule has 0 saturated heterocycles. The average Bonchev–Trinajstić information content (AvgIpc) is 4.01. The second-order valence-electron chi connectivity index (χ2n) is 14.8.